The molecular weight excluding hydrogens is 408 g/mol. The lowest BCUT2D eigenvalue weighted by Gasteiger charge is -2.31. The molecule has 1 N–H and O–H groups in total. The molecule has 2 heterocycles. The van der Waals surface area contributed by atoms with E-state index in [9.17, 15) is 14.7 Å². The summed E-state index contributed by atoms with van der Waals surface area (Å²) in [4.78, 5) is 29.6. The van der Waals surface area contributed by atoms with E-state index in [2.05, 4.69) is 4.98 Å². The van der Waals surface area contributed by atoms with Crippen LogP contribution in [0.4, 0.5) is 4.79 Å². The van der Waals surface area contributed by atoms with Crippen LogP contribution in [0.15, 0.2) is 48.7 Å². The van der Waals surface area contributed by atoms with E-state index >= 15 is 0 Å². The predicted octanol–water partition coefficient (Wildman–Crippen LogP) is 4.48. The van der Waals surface area contributed by atoms with Crippen molar-refractivity contribution in [1.82, 2.24) is 9.88 Å². The Labute approximate surface area is 188 Å². The third-order valence-electron chi connectivity index (χ3n) is 6.32. The third kappa shape index (κ3) is 6.22. The van der Waals surface area contributed by atoms with Gasteiger partial charge in [-0.2, -0.15) is 0 Å². The van der Waals surface area contributed by atoms with Gasteiger partial charge in [-0.3, -0.25) is 4.79 Å². The molecule has 0 spiro atoms. The molecule has 1 saturated carbocycles. The fourth-order valence-electron chi connectivity index (χ4n) is 4.27. The minimum Gasteiger partial charge on any atom is -0.481 e. The van der Waals surface area contributed by atoms with Gasteiger partial charge in [0.1, 0.15) is 6.61 Å². The second-order valence-corrected chi connectivity index (χ2v) is 8.75. The first kappa shape index (κ1) is 22.1. The highest BCUT2D eigenvalue weighted by Crippen LogP contribution is 2.44. The molecule has 1 aromatic carbocycles. The molecule has 0 radical (unpaired) electrons. The zero-order valence-corrected chi connectivity index (χ0v) is 18.2. The summed E-state index contributed by atoms with van der Waals surface area (Å²) in [5.41, 5.74) is 1.97. The van der Waals surface area contributed by atoms with Crippen LogP contribution in [-0.2, 0) is 16.1 Å². The Morgan fingerprint density at radius 2 is 1.84 bits per heavy atom. The number of amides is 1. The molecule has 32 heavy (non-hydrogen) atoms. The van der Waals surface area contributed by atoms with Gasteiger partial charge in [0, 0.05) is 25.4 Å². The average molecular weight is 439 g/mol. The molecule has 1 aromatic heterocycles. The number of likely N-dealkylation sites (tertiary alicyclic amines) is 1. The van der Waals surface area contributed by atoms with Crippen LogP contribution in [0.2, 0.25) is 0 Å². The third-order valence-corrected chi connectivity index (χ3v) is 6.32. The van der Waals surface area contributed by atoms with Crippen LogP contribution in [0.3, 0.4) is 0 Å². The van der Waals surface area contributed by atoms with Crippen LogP contribution >= 0.6 is 0 Å². The summed E-state index contributed by atoms with van der Waals surface area (Å²) in [5, 5.41) is 9.23. The van der Waals surface area contributed by atoms with Crippen molar-refractivity contribution in [2.24, 2.45) is 11.8 Å². The van der Waals surface area contributed by atoms with Crippen LogP contribution in [0.1, 0.15) is 49.1 Å². The van der Waals surface area contributed by atoms with Gasteiger partial charge in [0.2, 0.25) is 5.88 Å². The quantitative estimate of drug-likeness (QED) is 0.621. The molecule has 1 aliphatic heterocycles. The predicted molar refractivity (Wildman–Crippen MR) is 118 cm³/mol. The number of hydrogen-bond acceptors (Lipinski definition) is 5. The highest BCUT2D eigenvalue weighted by Gasteiger charge is 2.34. The number of pyridine rings is 1. The molecule has 1 aliphatic carbocycles. The molecule has 0 bridgehead atoms. The summed E-state index contributed by atoms with van der Waals surface area (Å²) in [7, 11) is 0. The maximum absolute atomic E-state index is 12.3. The van der Waals surface area contributed by atoms with Gasteiger partial charge < -0.3 is 19.5 Å². The zero-order valence-electron chi connectivity index (χ0n) is 18.2. The van der Waals surface area contributed by atoms with Crippen LogP contribution in [0.5, 0.6) is 5.88 Å². The number of carbonyl (C=O) groups is 2. The van der Waals surface area contributed by atoms with Crippen LogP contribution in [0.25, 0.3) is 0 Å². The second-order valence-electron chi connectivity index (χ2n) is 8.75. The van der Waals surface area contributed by atoms with Gasteiger partial charge in [0.15, 0.2) is 0 Å². The van der Waals surface area contributed by atoms with Crippen molar-refractivity contribution in [3.63, 3.8) is 0 Å². The number of hydrogen-bond donors (Lipinski definition) is 1. The van der Waals surface area contributed by atoms with Gasteiger partial charge in [-0.25, -0.2) is 9.78 Å². The summed E-state index contributed by atoms with van der Waals surface area (Å²) < 4.78 is 11.4. The molecule has 4 rings (SSSR count). The second kappa shape index (κ2) is 10.5. The lowest BCUT2D eigenvalue weighted by molar-refractivity contribution is -0.137. The highest BCUT2D eigenvalue weighted by atomic mass is 16.6. The minimum absolute atomic E-state index is 0.0305. The minimum atomic E-state index is -0.768. The molecular formula is C25H30N2O5. The number of carboxylic acid groups (broad SMARTS) is 1. The van der Waals surface area contributed by atoms with Crippen LogP contribution in [-0.4, -0.2) is 46.7 Å². The van der Waals surface area contributed by atoms with E-state index in [-0.39, 0.29) is 25.0 Å². The monoisotopic (exact) mass is 438 g/mol. The Morgan fingerprint density at radius 3 is 2.53 bits per heavy atom. The van der Waals surface area contributed by atoms with Crippen molar-refractivity contribution in [1.29, 1.82) is 0 Å². The number of piperidine rings is 1. The van der Waals surface area contributed by atoms with Crippen molar-refractivity contribution in [3.8, 4) is 5.88 Å². The van der Waals surface area contributed by atoms with Gasteiger partial charge in [0.05, 0.1) is 13.0 Å². The summed E-state index contributed by atoms with van der Waals surface area (Å²) in [6.07, 6.45) is 5.45. The van der Waals surface area contributed by atoms with E-state index < -0.39 is 5.97 Å². The number of rotatable bonds is 9. The largest absolute Gasteiger partial charge is 0.481 e. The average Bonchev–Trinajstić information content (AvgIpc) is 3.66. The molecule has 2 fully saturated rings. The Balaban J connectivity index is 1.22. The first-order valence-electron chi connectivity index (χ1n) is 11.3. The molecule has 170 valence electrons. The number of carbonyl (C=O) groups excluding carboxylic acids is 1. The van der Waals surface area contributed by atoms with E-state index in [0.29, 0.717) is 37.4 Å². The van der Waals surface area contributed by atoms with E-state index in [0.717, 1.165) is 36.8 Å². The molecule has 2 aromatic rings. The maximum atomic E-state index is 12.3. The number of ether oxygens (including phenoxy) is 2. The Bertz CT molecular complexity index is 908. The molecule has 7 heteroatoms. The maximum Gasteiger partial charge on any atom is 0.410 e. The molecule has 7 nitrogen and oxygen atoms in total. The van der Waals surface area contributed by atoms with Crippen molar-refractivity contribution in [2.75, 3.05) is 19.7 Å². The van der Waals surface area contributed by atoms with Gasteiger partial charge in [-0.1, -0.05) is 30.3 Å². The topological polar surface area (TPSA) is 89.0 Å². The smallest absolute Gasteiger partial charge is 0.410 e. The fourth-order valence-corrected chi connectivity index (χ4v) is 4.27. The van der Waals surface area contributed by atoms with Gasteiger partial charge in [-0.15, -0.1) is 0 Å². The highest BCUT2D eigenvalue weighted by molar-refractivity contribution is 5.68. The lowest BCUT2D eigenvalue weighted by atomic mass is 9.92. The summed E-state index contributed by atoms with van der Waals surface area (Å²) in [6.45, 7) is 2.12. The molecule has 1 saturated heterocycles. The van der Waals surface area contributed by atoms with Crippen LogP contribution < -0.4 is 4.74 Å². The van der Waals surface area contributed by atoms with Crippen molar-refractivity contribution in [3.05, 3.63) is 59.8 Å². The molecule has 1 atom stereocenters. The normalized spacial score (nSPS) is 17.6. The number of aliphatic carboxylic acids is 1. The summed E-state index contributed by atoms with van der Waals surface area (Å²) in [6, 6.07) is 13.5. The number of carboxylic acids is 1. The van der Waals surface area contributed by atoms with E-state index in [4.69, 9.17) is 9.47 Å². The Kier molecular flexibility index (Phi) is 7.24. The van der Waals surface area contributed by atoms with E-state index in [1.165, 1.54) is 0 Å². The fraction of sp³-hybridized carbons (Fsp3) is 0.480. The molecule has 2 aliphatic rings. The van der Waals surface area contributed by atoms with Crippen molar-refractivity contribution >= 4 is 12.1 Å². The van der Waals surface area contributed by atoms with Crippen LogP contribution in [0, 0.1) is 11.8 Å². The van der Waals surface area contributed by atoms with Crippen molar-refractivity contribution < 1.29 is 24.2 Å². The summed E-state index contributed by atoms with van der Waals surface area (Å²) in [5.74, 6) is 0.602. The summed E-state index contributed by atoms with van der Waals surface area (Å²) >= 11 is 0. The first-order valence-corrected chi connectivity index (χ1v) is 11.3. The van der Waals surface area contributed by atoms with E-state index in [1.807, 2.05) is 42.5 Å². The van der Waals surface area contributed by atoms with Gasteiger partial charge in [0.25, 0.3) is 0 Å². The molecule has 1 amide bonds. The zero-order chi connectivity index (χ0) is 22.3. The Morgan fingerprint density at radius 1 is 1.09 bits per heavy atom. The number of benzene rings is 1. The SMILES string of the molecule is O=C(O)C[C@H](c1ccnc(OCC2CCN(C(=O)OCc3ccccc3)CC2)c1)C1CC1. The Hall–Kier alpha value is -3.09. The first-order chi connectivity index (χ1) is 15.6. The number of nitrogens with zero attached hydrogens (tertiary/aromatic N) is 2. The number of aromatic nitrogens is 1. The molecule has 0 unspecified atom stereocenters. The standard InChI is InChI=1S/C25H30N2O5/c28-24(29)15-22(20-6-7-20)21-8-11-26-23(14-21)31-16-19-9-12-27(13-10-19)25(30)32-17-18-4-2-1-3-5-18/h1-5,8,11,14,19-20,22H,6-7,9-10,12-13,15-17H2,(H,28,29)/t22-/m0/s1. The van der Waals surface area contributed by atoms with Crippen molar-refractivity contribution in [2.45, 2.75) is 44.6 Å². The lowest BCUT2D eigenvalue weighted by Crippen LogP contribution is -2.40. The van der Waals surface area contributed by atoms with E-state index in [1.54, 1.807) is 11.1 Å². The van der Waals surface area contributed by atoms with Gasteiger partial charge >= 0.3 is 12.1 Å². The van der Waals surface area contributed by atoms with Gasteiger partial charge in [-0.05, 0) is 60.6 Å².